The molecule has 6 heteroatoms. The summed E-state index contributed by atoms with van der Waals surface area (Å²) in [4.78, 5) is 12.0. The van der Waals surface area contributed by atoms with Gasteiger partial charge in [0, 0.05) is 6.08 Å². The Morgan fingerprint density at radius 1 is 1.00 bits per heavy atom. The minimum atomic E-state index is -0.518. The number of hydrogen-bond acceptors (Lipinski definition) is 5. The van der Waals surface area contributed by atoms with E-state index in [4.69, 9.17) is 18.9 Å². The molecule has 0 saturated carbocycles. The van der Waals surface area contributed by atoms with E-state index in [0.717, 1.165) is 0 Å². The first kappa shape index (κ1) is 19.3. The summed E-state index contributed by atoms with van der Waals surface area (Å²) >= 11 is 0. The number of benzene rings is 2. The predicted octanol–water partition coefficient (Wildman–Crippen LogP) is 4.17. The molecule has 0 amide bonds. The van der Waals surface area contributed by atoms with Crippen molar-refractivity contribution in [2.24, 2.45) is 0 Å². The van der Waals surface area contributed by atoms with Crippen LogP contribution in [0.3, 0.4) is 0 Å². The molecule has 0 heterocycles. The van der Waals surface area contributed by atoms with Crippen LogP contribution in [0.5, 0.6) is 17.2 Å². The number of halogens is 1. The Hall–Kier alpha value is -3.02. The maximum Gasteiger partial charge on any atom is 0.331 e. The summed E-state index contributed by atoms with van der Waals surface area (Å²) in [7, 11) is 4.55. The molecule has 5 nitrogen and oxygen atoms in total. The zero-order chi connectivity index (χ0) is 19.1. The van der Waals surface area contributed by atoms with Gasteiger partial charge in [-0.3, -0.25) is 0 Å². The minimum absolute atomic E-state index is 0.338. The molecule has 2 rings (SSSR count). The van der Waals surface area contributed by atoms with E-state index in [2.05, 4.69) is 0 Å². The Morgan fingerprint density at radius 2 is 1.58 bits per heavy atom. The molecule has 0 saturated heterocycles. The van der Waals surface area contributed by atoms with Gasteiger partial charge in [-0.1, -0.05) is 12.1 Å². The Labute approximate surface area is 151 Å². The molecule has 0 N–H and O–H groups in total. The second kappa shape index (κ2) is 8.89. The maximum atomic E-state index is 13.0. The molecular formula is C20H21FO5. The summed E-state index contributed by atoms with van der Waals surface area (Å²) in [6.45, 7) is 1.72. The van der Waals surface area contributed by atoms with E-state index >= 15 is 0 Å². The molecule has 0 aliphatic heterocycles. The van der Waals surface area contributed by atoms with Crippen molar-refractivity contribution in [3.05, 3.63) is 59.4 Å². The highest BCUT2D eigenvalue weighted by atomic mass is 19.1. The second-order valence-corrected chi connectivity index (χ2v) is 5.42. The average molecular weight is 360 g/mol. The molecule has 0 spiro atoms. The molecule has 0 aliphatic rings. The molecule has 0 unspecified atom stereocenters. The van der Waals surface area contributed by atoms with Crippen LogP contribution in [0.15, 0.2) is 42.5 Å². The van der Waals surface area contributed by atoms with Gasteiger partial charge in [0.2, 0.25) is 5.75 Å². The largest absolute Gasteiger partial charge is 0.493 e. The topological polar surface area (TPSA) is 54.0 Å². The van der Waals surface area contributed by atoms with E-state index in [1.807, 2.05) is 0 Å². The first-order valence-electron chi connectivity index (χ1n) is 7.92. The van der Waals surface area contributed by atoms with Crippen LogP contribution < -0.4 is 14.2 Å². The van der Waals surface area contributed by atoms with Crippen molar-refractivity contribution in [1.29, 1.82) is 0 Å². The van der Waals surface area contributed by atoms with E-state index < -0.39 is 12.1 Å². The Bertz CT molecular complexity index is 758. The molecule has 26 heavy (non-hydrogen) atoms. The van der Waals surface area contributed by atoms with E-state index in [9.17, 15) is 9.18 Å². The van der Waals surface area contributed by atoms with Crippen LogP contribution in [-0.4, -0.2) is 27.3 Å². The number of esters is 1. The van der Waals surface area contributed by atoms with Crippen LogP contribution in [0.25, 0.3) is 6.08 Å². The molecule has 2 aromatic rings. The molecule has 0 radical (unpaired) electrons. The number of carbonyl (C=O) groups is 1. The molecule has 0 aliphatic carbocycles. The van der Waals surface area contributed by atoms with Gasteiger partial charge in [0.1, 0.15) is 11.9 Å². The second-order valence-electron chi connectivity index (χ2n) is 5.42. The fraction of sp³-hybridized carbons (Fsp3) is 0.250. The van der Waals surface area contributed by atoms with E-state index in [-0.39, 0.29) is 5.82 Å². The molecule has 0 bridgehead atoms. The van der Waals surface area contributed by atoms with Gasteiger partial charge >= 0.3 is 5.97 Å². The smallest absolute Gasteiger partial charge is 0.331 e. The van der Waals surface area contributed by atoms with E-state index in [1.165, 1.54) is 39.5 Å². The summed E-state index contributed by atoms with van der Waals surface area (Å²) in [6, 6.07) is 9.24. The van der Waals surface area contributed by atoms with Crippen molar-refractivity contribution in [3.8, 4) is 17.2 Å². The molecular weight excluding hydrogens is 339 g/mol. The number of methoxy groups -OCH3 is 3. The monoisotopic (exact) mass is 360 g/mol. The summed E-state index contributed by atoms with van der Waals surface area (Å²) in [5, 5.41) is 0. The normalized spacial score (nSPS) is 11.9. The summed E-state index contributed by atoms with van der Waals surface area (Å²) in [5.74, 6) is 0.587. The molecule has 138 valence electrons. The highest BCUT2D eigenvalue weighted by Gasteiger charge is 2.13. The highest BCUT2D eigenvalue weighted by Crippen LogP contribution is 2.38. The maximum absolute atomic E-state index is 13.0. The fourth-order valence-corrected chi connectivity index (χ4v) is 2.38. The van der Waals surface area contributed by atoms with Gasteiger partial charge in [-0.25, -0.2) is 9.18 Å². The SMILES string of the molecule is COc1cc(/C=C/C(=O)O[C@@H](C)c2ccc(F)cc2)cc(OC)c1OC. The van der Waals surface area contributed by atoms with Crippen molar-refractivity contribution >= 4 is 12.0 Å². The zero-order valence-electron chi connectivity index (χ0n) is 15.1. The summed E-state index contributed by atoms with van der Waals surface area (Å²) in [6.07, 6.45) is 2.40. The van der Waals surface area contributed by atoms with Crippen LogP contribution in [0.1, 0.15) is 24.2 Å². The Morgan fingerprint density at radius 3 is 2.08 bits per heavy atom. The van der Waals surface area contributed by atoms with Crippen LogP contribution in [0, 0.1) is 5.82 Å². The quantitative estimate of drug-likeness (QED) is 0.548. The van der Waals surface area contributed by atoms with Crippen LogP contribution in [0.4, 0.5) is 4.39 Å². The van der Waals surface area contributed by atoms with E-state index in [1.54, 1.807) is 37.3 Å². The van der Waals surface area contributed by atoms with Gasteiger partial charge in [-0.15, -0.1) is 0 Å². The van der Waals surface area contributed by atoms with Gasteiger partial charge in [0.05, 0.1) is 21.3 Å². The lowest BCUT2D eigenvalue weighted by atomic mass is 10.1. The van der Waals surface area contributed by atoms with Crippen molar-refractivity contribution < 1.29 is 28.1 Å². The summed E-state index contributed by atoms with van der Waals surface area (Å²) in [5.41, 5.74) is 1.40. The molecule has 2 aromatic carbocycles. The predicted molar refractivity (Wildman–Crippen MR) is 96.0 cm³/mol. The van der Waals surface area contributed by atoms with Gasteiger partial charge in [-0.2, -0.15) is 0 Å². The minimum Gasteiger partial charge on any atom is -0.493 e. The van der Waals surface area contributed by atoms with Gasteiger partial charge < -0.3 is 18.9 Å². The third-order valence-electron chi connectivity index (χ3n) is 3.73. The van der Waals surface area contributed by atoms with E-state index in [0.29, 0.717) is 28.4 Å². The third kappa shape index (κ3) is 4.75. The number of hydrogen-bond donors (Lipinski definition) is 0. The Kier molecular flexibility index (Phi) is 6.60. The number of rotatable bonds is 7. The lowest BCUT2D eigenvalue weighted by molar-refractivity contribution is -0.142. The number of carbonyl (C=O) groups excluding carboxylic acids is 1. The first-order valence-corrected chi connectivity index (χ1v) is 7.92. The standard InChI is InChI=1S/C20H21FO5/c1-13(15-6-8-16(21)9-7-15)26-19(22)10-5-14-11-17(23-2)20(25-4)18(12-14)24-3/h5-13H,1-4H3/b10-5+/t13-/m0/s1. The van der Waals surface area contributed by atoms with Crippen molar-refractivity contribution in [2.75, 3.05) is 21.3 Å². The molecule has 0 aromatic heterocycles. The number of ether oxygens (including phenoxy) is 4. The molecule has 0 fully saturated rings. The first-order chi connectivity index (χ1) is 12.5. The van der Waals surface area contributed by atoms with Crippen molar-refractivity contribution in [2.45, 2.75) is 13.0 Å². The average Bonchev–Trinajstić information content (AvgIpc) is 2.65. The van der Waals surface area contributed by atoms with Gasteiger partial charge in [0.15, 0.2) is 11.5 Å². The zero-order valence-corrected chi connectivity index (χ0v) is 15.1. The van der Waals surface area contributed by atoms with Crippen LogP contribution >= 0.6 is 0 Å². The van der Waals surface area contributed by atoms with Crippen LogP contribution in [0.2, 0.25) is 0 Å². The van der Waals surface area contributed by atoms with Gasteiger partial charge in [-0.05, 0) is 48.4 Å². The Balaban J connectivity index is 2.11. The third-order valence-corrected chi connectivity index (χ3v) is 3.73. The van der Waals surface area contributed by atoms with Crippen molar-refractivity contribution in [1.82, 2.24) is 0 Å². The highest BCUT2D eigenvalue weighted by molar-refractivity contribution is 5.87. The van der Waals surface area contributed by atoms with Crippen molar-refractivity contribution in [3.63, 3.8) is 0 Å². The lowest BCUT2D eigenvalue weighted by Crippen LogP contribution is -2.06. The molecule has 1 atom stereocenters. The summed E-state index contributed by atoms with van der Waals surface area (Å²) < 4.78 is 34.1. The van der Waals surface area contributed by atoms with Gasteiger partial charge in [0.25, 0.3) is 0 Å². The lowest BCUT2D eigenvalue weighted by Gasteiger charge is -2.13. The van der Waals surface area contributed by atoms with Crippen LogP contribution in [-0.2, 0) is 9.53 Å². The fourth-order valence-electron chi connectivity index (χ4n) is 2.38.